The summed E-state index contributed by atoms with van der Waals surface area (Å²) in [4.78, 5) is 13.8. The zero-order valence-electron chi connectivity index (χ0n) is 19.5. The maximum atomic E-state index is 11.2. The van der Waals surface area contributed by atoms with Crippen molar-refractivity contribution in [1.29, 1.82) is 0 Å². The molecule has 0 spiro atoms. The number of hydrogen-bond donors (Lipinski definition) is 1. The normalized spacial score (nSPS) is 15.7. The second-order valence-corrected chi connectivity index (χ2v) is 9.24. The lowest BCUT2D eigenvalue weighted by Crippen LogP contribution is -2.43. The topological polar surface area (TPSA) is 41.6 Å². The van der Waals surface area contributed by atoms with E-state index in [0.29, 0.717) is 0 Å². The molecule has 1 aliphatic heterocycles. The monoisotopic (exact) mass is 442 g/mol. The number of nitrogens with zero attached hydrogens (tertiary/aromatic N) is 1. The summed E-state index contributed by atoms with van der Waals surface area (Å²) in [7, 11) is 0. The first kappa shape index (κ1) is 23.1. The molecule has 0 bridgehead atoms. The van der Waals surface area contributed by atoms with Gasteiger partial charge in [-0.15, -0.1) is 0 Å². The van der Waals surface area contributed by atoms with Gasteiger partial charge in [0, 0.05) is 24.6 Å². The second kappa shape index (κ2) is 11.2. The van der Waals surface area contributed by atoms with E-state index in [1.165, 1.54) is 18.1 Å². The zero-order valence-corrected chi connectivity index (χ0v) is 19.5. The van der Waals surface area contributed by atoms with Gasteiger partial charge in [-0.05, 0) is 74.2 Å². The van der Waals surface area contributed by atoms with Crippen LogP contribution in [0, 0.1) is 5.41 Å². The Bertz CT molecular complexity index is 949. The molecule has 1 aliphatic rings. The SMILES string of the molecule is CC(=O)Nc1ccc(CN2CCC(CCc3ccccc3)(COc3ccccc3)CC2)cc1. The third kappa shape index (κ3) is 6.93. The standard InChI is InChI=1S/C29H34N2O2/c1-24(32)30-27-14-12-26(13-15-27)22-31-20-18-29(19-21-31,17-16-25-8-4-2-5-9-25)23-33-28-10-6-3-7-11-28/h2-15H,16-23H2,1H3,(H,30,32). The van der Waals surface area contributed by atoms with Gasteiger partial charge in [0.2, 0.25) is 5.91 Å². The first-order valence-electron chi connectivity index (χ1n) is 11.9. The summed E-state index contributed by atoms with van der Waals surface area (Å²) < 4.78 is 6.28. The number of carbonyl (C=O) groups is 1. The summed E-state index contributed by atoms with van der Waals surface area (Å²) in [5.41, 5.74) is 3.72. The minimum Gasteiger partial charge on any atom is -0.493 e. The van der Waals surface area contributed by atoms with Gasteiger partial charge >= 0.3 is 0 Å². The molecule has 3 aromatic rings. The molecular formula is C29H34N2O2. The van der Waals surface area contributed by atoms with Crippen LogP contribution >= 0.6 is 0 Å². The van der Waals surface area contributed by atoms with Crippen LogP contribution in [0.2, 0.25) is 0 Å². The predicted octanol–water partition coefficient (Wildman–Crippen LogP) is 5.94. The fourth-order valence-corrected chi connectivity index (χ4v) is 4.61. The number of carbonyl (C=O) groups excluding carboxylic acids is 1. The lowest BCUT2D eigenvalue weighted by atomic mass is 9.74. The predicted molar refractivity (Wildman–Crippen MR) is 134 cm³/mol. The highest BCUT2D eigenvalue weighted by atomic mass is 16.5. The summed E-state index contributed by atoms with van der Waals surface area (Å²) in [5.74, 6) is 0.918. The average molecular weight is 443 g/mol. The molecule has 0 radical (unpaired) electrons. The number of rotatable bonds is 9. The summed E-state index contributed by atoms with van der Waals surface area (Å²) in [5, 5.41) is 2.83. The third-order valence-electron chi connectivity index (χ3n) is 6.67. The summed E-state index contributed by atoms with van der Waals surface area (Å²) >= 11 is 0. The van der Waals surface area contributed by atoms with Gasteiger partial charge in [0.25, 0.3) is 0 Å². The van der Waals surface area contributed by atoms with Crippen molar-refractivity contribution in [2.24, 2.45) is 5.41 Å². The van der Waals surface area contributed by atoms with Crippen LogP contribution in [0.3, 0.4) is 0 Å². The van der Waals surface area contributed by atoms with Crippen molar-refractivity contribution in [3.05, 3.63) is 96.1 Å². The van der Waals surface area contributed by atoms with E-state index in [9.17, 15) is 4.79 Å². The van der Waals surface area contributed by atoms with Gasteiger partial charge < -0.3 is 10.1 Å². The Morgan fingerprint density at radius 3 is 2.15 bits per heavy atom. The van der Waals surface area contributed by atoms with E-state index in [4.69, 9.17) is 4.74 Å². The maximum absolute atomic E-state index is 11.2. The van der Waals surface area contributed by atoms with E-state index in [-0.39, 0.29) is 11.3 Å². The molecule has 4 nitrogen and oxygen atoms in total. The molecule has 4 heteroatoms. The largest absolute Gasteiger partial charge is 0.493 e. The van der Waals surface area contributed by atoms with Crippen LogP contribution in [0.15, 0.2) is 84.9 Å². The summed E-state index contributed by atoms with van der Waals surface area (Å²) in [6.45, 7) is 5.38. The van der Waals surface area contributed by atoms with Crippen molar-refractivity contribution in [1.82, 2.24) is 4.90 Å². The molecule has 0 aliphatic carbocycles. The molecule has 1 N–H and O–H groups in total. The fraction of sp³-hybridized carbons (Fsp3) is 0.345. The highest BCUT2D eigenvalue weighted by Gasteiger charge is 2.35. The van der Waals surface area contributed by atoms with Crippen LogP contribution in [0.25, 0.3) is 0 Å². The second-order valence-electron chi connectivity index (χ2n) is 9.24. The van der Waals surface area contributed by atoms with Crippen LogP contribution in [0.4, 0.5) is 5.69 Å². The molecule has 4 rings (SSSR count). The van der Waals surface area contributed by atoms with Crippen molar-refractivity contribution in [3.8, 4) is 5.75 Å². The van der Waals surface area contributed by atoms with Crippen LogP contribution in [0.1, 0.15) is 37.3 Å². The summed E-state index contributed by atoms with van der Waals surface area (Å²) in [6, 6.07) is 29.2. The molecule has 3 aromatic carbocycles. The van der Waals surface area contributed by atoms with Gasteiger partial charge in [-0.25, -0.2) is 0 Å². The third-order valence-corrected chi connectivity index (χ3v) is 6.67. The van der Waals surface area contributed by atoms with Gasteiger partial charge in [-0.1, -0.05) is 60.7 Å². The molecule has 1 heterocycles. The summed E-state index contributed by atoms with van der Waals surface area (Å²) in [6.07, 6.45) is 4.50. The zero-order chi connectivity index (χ0) is 22.9. The first-order chi connectivity index (χ1) is 16.1. The molecule has 0 atom stereocenters. The number of anilines is 1. The average Bonchev–Trinajstić information content (AvgIpc) is 2.85. The smallest absolute Gasteiger partial charge is 0.221 e. The van der Waals surface area contributed by atoms with Crippen LogP contribution in [0.5, 0.6) is 5.75 Å². The van der Waals surface area contributed by atoms with Gasteiger partial charge in [-0.3, -0.25) is 9.69 Å². The molecule has 33 heavy (non-hydrogen) atoms. The van der Waals surface area contributed by atoms with E-state index in [1.807, 2.05) is 42.5 Å². The maximum Gasteiger partial charge on any atom is 0.221 e. The van der Waals surface area contributed by atoms with E-state index in [1.54, 1.807) is 0 Å². The van der Waals surface area contributed by atoms with Crippen molar-refractivity contribution >= 4 is 11.6 Å². The Labute approximate surface area is 197 Å². The lowest BCUT2D eigenvalue weighted by Gasteiger charge is -2.42. The van der Waals surface area contributed by atoms with E-state index in [2.05, 4.69) is 52.7 Å². The Morgan fingerprint density at radius 2 is 1.52 bits per heavy atom. The molecule has 0 aromatic heterocycles. The highest BCUT2D eigenvalue weighted by Crippen LogP contribution is 2.37. The Hall–Kier alpha value is -3.11. The quantitative estimate of drug-likeness (QED) is 0.446. The molecule has 0 unspecified atom stereocenters. The number of para-hydroxylation sites is 1. The van der Waals surface area contributed by atoms with Crippen LogP contribution in [-0.4, -0.2) is 30.5 Å². The van der Waals surface area contributed by atoms with Gasteiger partial charge in [-0.2, -0.15) is 0 Å². The van der Waals surface area contributed by atoms with E-state index < -0.39 is 0 Å². The number of hydrogen-bond acceptors (Lipinski definition) is 3. The van der Waals surface area contributed by atoms with Crippen LogP contribution in [-0.2, 0) is 17.8 Å². The van der Waals surface area contributed by atoms with Gasteiger partial charge in [0.1, 0.15) is 5.75 Å². The number of likely N-dealkylation sites (tertiary alicyclic amines) is 1. The van der Waals surface area contributed by atoms with Gasteiger partial charge in [0.15, 0.2) is 0 Å². The van der Waals surface area contributed by atoms with Crippen molar-refractivity contribution in [3.63, 3.8) is 0 Å². The molecule has 1 saturated heterocycles. The minimum atomic E-state index is -0.0386. The van der Waals surface area contributed by atoms with Gasteiger partial charge in [0.05, 0.1) is 6.61 Å². The molecule has 1 fully saturated rings. The molecule has 0 saturated carbocycles. The number of amides is 1. The molecular weight excluding hydrogens is 408 g/mol. The number of nitrogens with one attached hydrogen (secondary N) is 1. The highest BCUT2D eigenvalue weighted by molar-refractivity contribution is 5.88. The number of aryl methyl sites for hydroxylation is 1. The molecule has 1 amide bonds. The number of piperidine rings is 1. The van der Waals surface area contributed by atoms with Crippen molar-refractivity contribution in [2.45, 2.75) is 39.2 Å². The lowest BCUT2D eigenvalue weighted by molar-refractivity contribution is -0.114. The fourth-order valence-electron chi connectivity index (χ4n) is 4.61. The van der Waals surface area contributed by atoms with Crippen molar-refractivity contribution < 1.29 is 9.53 Å². The Balaban J connectivity index is 1.36. The molecule has 172 valence electrons. The number of benzene rings is 3. The Morgan fingerprint density at radius 1 is 0.879 bits per heavy atom. The van der Waals surface area contributed by atoms with E-state index in [0.717, 1.165) is 63.4 Å². The number of ether oxygens (including phenoxy) is 1. The minimum absolute atomic E-state index is 0.0386. The van der Waals surface area contributed by atoms with Crippen LogP contribution < -0.4 is 10.1 Å². The van der Waals surface area contributed by atoms with Crippen molar-refractivity contribution in [2.75, 3.05) is 25.0 Å². The van der Waals surface area contributed by atoms with E-state index >= 15 is 0 Å². The first-order valence-corrected chi connectivity index (χ1v) is 11.9. The Kier molecular flexibility index (Phi) is 7.79.